The highest BCUT2D eigenvalue weighted by molar-refractivity contribution is 5.95. The third-order valence-corrected chi connectivity index (χ3v) is 2.11. The molecule has 1 aromatic rings. The Morgan fingerprint density at radius 3 is 3.00 bits per heavy atom. The van der Waals surface area contributed by atoms with Crippen molar-refractivity contribution < 1.29 is 4.79 Å². The third kappa shape index (κ3) is 2.17. The van der Waals surface area contributed by atoms with Crippen molar-refractivity contribution in [3.8, 4) is 0 Å². The van der Waals surface area contributed by atoms with Gasteiger partial charge < -0.3 is 5.73 Å². The van der Waals surface area contributed by atoms with Gasteiger partial charge in [-0.3, -0.25) is 4.79 Å². The minimum absolute atomic E-state index is 0.0194. The number of aromatic nitrogens is 3. The number of carbonyl (C=O) groups is 1. The van der Waals surface area contributed by atoms with Gasteiger partial charge in [0.05, 0.1) is 6.20 Å². The lowest BCUT2D eigenvalue weighted by Gasteiger charge is -2.07. The van der Waals surface area contributed by atoms with Crippen LogP contribution in [0.15, 0.2) is 6.20 Å². The maximum Gasteiger partial charge on any atom is 0.186 e. The van der Waals surface area contributed by atoms with Crippen molar-refractivity contribution in [3.63, 3.8) is 0 Å². The zero-order valence-corrected chi connectivity index (χ0v) is 8.60. The summed E-state index contributed by atoms with van der Waals surface area (Å²) in [5.74, 6) is -0.143. The summed E-state index contributed by atoms with van der Waals surface area (Å²) < 4.78 is 1.63. The van der Waals surface area contributed by atoms with Crippen LogP contribution in [0.25, 0.3) is 0 Å². The molecular formula is C9H16N4O. The standard InChI is InChI=1S/C9H16N4O/c1-3-4-13-8(6-11-12-13)9(14)7(2)5-10/h6-7H,3-5,10H2,1-2H3. The number of nitrogens with two attached hydrogens (primary N) is 1. The second-order valence-electron chi connectivity index (χ2n) is 3.34. The third-order valence-electron chi connectivity index (χ3n) is 2.11. The molecule has 1 atom stereocenters. The summed E-state index contributed by atoms with van der Waals surface area (Å²) in [6.07, 6.45) is 2.44. The number of hydrogen-bond acceptors (Lipinski definition) is 4. The molecule has 0 aliphatic carbocycles. The lowest BCUT2D eigenvalue weighted by atomic mass is 10.0. The van der Waals surface area contributed by atoms with Gasteiger partial charge in [0.15, 0.2) is 5.78 Å². The number of nitrogens with zero attached hydrogens (tertiary/aromatic N) is 3. The lowest BCUT2D eigenvalue weighted by molar-refractivity contribution is 0.0923. The zero-order chi connectivity index (χ0) is 10.6. The number of aryl methyl sites for hydroxylation is 1. The second kappa shape index (κ2) is 4.85. The molecule has 5 heteroatoms. The van der Waals surface area contributed by atoms with Gasteiger partial charge in [0.25, 0.3) is 0 Å². The first kappa shape index (κ1) is 10.8. The first-order valence-electron chi connectivity index (χ1n) is 4.83. The summed E-state index contributed by atoms with van der Waals surface area (Å²) >= 11 is 0. The fraction of sp³-hybridized carbons (Fsp3) is 0.667. The molecule has 1 aromatic heterocycles. The van der Waals surface area contributed by atoms with Crippen LogP contribution in [0, 0.1) is 5.92 Å². The maximum absolute atomic E-state index is 11.8. The van der Waals surface area contributed by atoms with Gasteiger partial charge in [0, 0.05) is 19.0 Å². The predicted octanol–water partition coefficient (Wildman–Crippen LogP) is 0.466. The Hall–Kier alpha value is -1.23. The molecule has 0 aliphatic rings. The fourth-order valence-corrected chi connectivity index (χ4v) is 1.18. The van der Waals surface area contributed by atoms with E-state index in [2.05, 4.69) is 10.3 Å². The number of rotatable bonds is 5. The van der Waals surface area contributed by atoms with Gasteiger partial charge >= 0.3 is 0 Å². The molecule has 1 heterocycles. The van der Waals surface area contributed by atoms with Crippen LogP contribution in [0.2, 0.25) is 0 Å². The Morgan fingerprint density at radius 1 is 1.71 bits per heavy atom. The summed E-state index contributed by atoms with van der Waals surface area (Å²) in [6.45, 7) is 4.92. The zero-order valence-electron chi connectivity index (χ0n) is 8.60. The Balaban J connectivity index is 2.83. The van der Waals surface area contributed by atoms with Crippen molar-refractivity contribution in [2.75, 3.05) is 6.54 Å². The fourth-order valence-electron chi connectivity index (χ4n) is 1.18. The van der Waals surface area contributed by atoms with E-state index in [1.165, 1.54) is 6.20 Å². The highest BCUT2D eigenvalue weighted by Gasteiger charge is 2.18. The number of ketones is 1. The van der Waals surface area contributed by atoms with Crippen LogP contribution in [0.5, 0.6) is 0 Å². The van der Waals surface area contributed by atoms with Gasteiger partial charge in [-0.1, -0.05) is 19.1 Å². The van der Waals surface area contributed by atoms with Crippen molar-refractivity contribution in [2.24, 2.45) is 11.7 Å². The SMILES string of the molecule is CCCn1nncc1C(=O)C(C)CN. The molecule has 0 aliphatic heterocycles. The highest BCUT2D eigenvalue weighted by atomic mass is 16.1. The monoisotopic (exact) mass is 196 g/mol. The van der Waals surface area contributed by atoms with Gasteiger partial charge in [-0.2, -0.15) is 0 Å². The summed E-state index contributed by atoms with van der Waals surface area (Å²) in [5, 5.41) is 7.58. The maximum atomic E-state index is 11.8. The van der Waals surface area contributed by atoms with Gasteiger partial charge in [-0.05, 0) is 6.42 Å². The van der Waals surface area contributed by atoms with Crippen LogP contribution in [0.1, 0.15) is 30.8 Å². The molecule has 5 nitrogen and oxygen atoms in total. The Morgan fingerprint density at radius 2 is 2.43 bits per heavy atom. The van der Waals surface area contributed by atoms with E-state index in [-0.39, 0.29) is 11.7 Å². The Kier molecular flexibility index (Phi) is 3.76. The van der Waals surface area contributed by atoms with E-state index in [0.29, 0.717) is 12.2 Å². The predicted molar refractivity (Wildman–Crippen MR) is 52.9 cm³/mol. The first-order chi connectivity index (χ1) is 6.70. The molecule has 0 radical (unpaired) electrons. The van der Waals surface area contributed by atoms with Crippen molar-refractivity contribution in [3.05, 3.63) is 11.9 Å². The van der Waals surface area contributed by atoms with Gasteiger partial charge in [-0.15, -0.1) is 5.10 Å². The normalized spacial score (nSPS) is 12.8. The molecule has 0 amide bonds. The molecule has 0 fully saturated rings. The average Bonchev–Trinajstić information content (AvgIpc) is 2.64. The molecule has 0 bridgehead atoms. The molecule has 14 heavy (non-hydrogen) atoms. The minimum atomic E-state index is -0.163. The van der Waals surface area contributed by atoms with Crippen molar-refractivity contribution >= 4 is 5.78 Å². The van der Waals surface area contributed by atoms with Crippen molar-refractivity contribution in [1.29, 1.82) is 0 Å². The second-order valence-corrected chi connectivity index (χ2v) is 3.34. The molecule has 2 N–H and O–H groups in total. The van der Waals surface area contributed by atoms with Gasteiger partial charge in [0.1, 0.15) is 5.69 Å². The van der Waals surface area contributed by atoms with E-state index in [0.717, 1.165) is 13.0 Å². The lowest BCUT2D eigenvalue weighted by Crippen LogP contribution is -2.23. The largest absolute Gasteiger partial charge is 0.330 e. The molecule has 0 spiro atoms. The van der Waals surface area contributed by atoms with E-state index in [4.69, 9.17) is 5.73 Å². The van der Waals surface area contributed by atoms with Crippen LogP contribution < -0.4 is 5.73 Å². The molecule has 78 valence electrons. The smallest absolute Gasteiger partial charge is 0.186 e. The Labute approximate surface area is 83.3 Å². The summed E-state index contributed by atoms with van der Waals surface area (Å²) in [6, 6.07) is 0. The van der Waals surface area contributed by atoms with Crippen LogP contribution in [-0.4, -0.2) is 27.3 Å². The van der Waals surface area contributed by atoms with Crippen LogP contribution in [0.3, 0.4) is 0 Å². The molecule has 0 aromatic carbocycles. The number of Topliss-reactive ketones (excluding diaryl/α,β-unsaturated/α-hetero) is 1. The average molecular weight is 196 g/mol. The number of hydrogen-bond donors (Lipinski definition) is 1. The van der Waals surface area contributed by atoms with Crippen molar-refractivity contribution in [1.82, 2.24) is 15.0 Å². The quantitative estimate of drug-likeness (QED) is 0.694. The highest BCUT2D eigenvalue weighted by Crippen LogP contribution is 2.06. The van der Waals surface area contributed by atoms with Crippen LogP contribution in [-0.2, 0) is 6.54 Å². The summed E-state index contributed by atoms with van der Waals surface area (Å²) in [4.78, 5) is 11.8. The van der Waals surface area contributed by atoms with E-state index in [9.17, 15) is 4.79 Å². The van der Waals surface area contributed by atoms with Crippen LogP contribution in [0.4, 0.5) is 0 Å². The molecule has 0 saturated heterocycles. The topological polar surface area (TPSA) is 73.8 Å². The van der Waals surface area contributed by atoms with E-state index < -0.39 is 0 Å². The van der Waals surface area contributed by atoms with E-state index in [1.54, 1.807) is 4.68 Å². The van der Waals surface area contributed by atoms with E-state index >= 15 is 0 Å². The molecule has 1 rings (SSSR count). The Bertz CT molecular complexity index is 308. The van der Waals surface area contributed by atoms with Crippen molar-refractivity contribution in [2.45, 2.75) is 26.8 Å². The molecule has 1 unspecified atom stereocenters. The molecular weight excluding hydrogens is 180 g/mol. The molecule has 0 saturated carbocycles. The summed E-state index contributed by atoms with van der Waals surface area (Å²) in [5.41, 5.74) is 5.99. The summed E-state index contributed by atoms with van der Waals surface area (Å²) in [7, 11) is 0. The van der Waals surface area contributed by atoms with E-state index in [1.807, 2.05) is 13.8 Å². The van der Waals surface area contributed by atoms with Crippen LogP contribution >= 0.6 is 0 Å². The first-order valence-corrected chi connectivity index (χ1v) is 4.83. The van der Waals surface area contributed by atoms with Gasteiger partial charge in [-0.25, -0.2) is 4.68 Å². The minimum Gasteiger partial charge on any atom is -0.330 e. The number of carbonyl (C=O) groups excluding carboxylic acids is 1. The van der Waals surface area contributed by atoms with Gasteiger partial charge in [0.2, 0.25) is 0 Å².